The topological polar surface area (TPSA) is 53.7 Å². The van der Waals surface area contributed by atoms with E-state index < -0.39 is 8.56 Å². The number of nitrogens with two attached hydrogens (primary N) is 1. The van der Waals surface area contributed by atoms with Crippen LogP contribution in [0.3, 0.4) is 0 Å². The first-order valence-corrected chi connectivity index (χ1v) is 8.75. The van der Waals surface area contributed by atoms with Gasteiger partial charge in [-0.1, -0.05) is 6.92 Å². The molecule has 0 fully saturated rings. The van der Waals surface area contributed by atoms with Gasteiger partial charge in [-0.3, -0.25) is 0 Å². The van der Waals surface area contributed by atoms with Gasteiger partial charge in [0.05, 0.1) is 0 Å². The predicted molar refractivity (Wildman–Crippen MR) is 68.5 cm³/mol. The van der Waals surface area contributed by atoms with Gasteiger partial charge in [0.15, 0.2) is 0 Å². The molecule has 0 saturated heterocycles. The summed E-state index contributed by atoms with van der Waals surface area (Å²) in [5.74, 6) is 0. The SMILES string of the molecule is CCCOC(N)CC[Si](C)(OCC)OCC. The Morgan fingerprint density at radius 1 is 1.12 bits per heavy atom. The van der Waals surface area contributed by atoms with Gasteiger partial charge in [-0.15, -0.1) is 0 Å². The maximum absolute atomic E-state index is 5.85. The molecule has 0 aliphatic heterocycles. The fourth-order valence-electron chi connectivity index (χ4n) is 1.55. The van der Waals surface area contributed by atoms with E-state index in [4.69, 9.17) is 19.3 Å². The van der Waals surface area contributed by atoms with E-state index in [1.54, 1.807) is 0 Å². The van der Waals surface area contributed by atoms with Crippen molar-refractivity contribution in [3.05, 3.63) is 0 Å². The predicted octanol–water partition coefficient (Wildman–Crippen LogP) is 2.23. The zero-order valence-corrected chi connectivity index (χ0v) is 12.1. The molecule has 0 amide bonds. The molecule has 0 aromatic rings. The van der Waals surface area contributed by atoms with E-state index in [-0.39, 0.29) is 6.23 Å². The first kappa shape index (κ1) is 16.1. The van der Waals surface area contributed by atoms with E-state index in [1.807, 2.05) is 13.8 Å². The molecule has 16 heavy (non-hydrogen) atoms. The Bertz CT molecular complexity index is 163. The average molecular weight is 249 g/mol. The van der Waals surface area contributed by atoms with Crippen LogP contribution < -0.4 is 5.73 Å². The van der Waals surface area contributed by atoms with Gasteiger partial charge in [0.2, 0.25) is 0 Å². The van der Waals surface area contributed by atoms with Crippen molar-refractivity contribution in [2.75, 3.05) is 19.8 Å². The number of rotatable bonds is 10. The van der Waals surface area contributed by atoms with Crippen LogP contribution in [-0.2, 0) is 13.6 Å². The van der Waals surface area contributed by atoms with E-state index in [9.17, 15) is 0 Å². The van der Waals surface area contributed by atoms with Crippen LogP contribution in [0.5, 0.6) is 0 Å². The van der Waals surface area contributed by atoms with Gasteiger partial charge in [0.25, 0.3) is 0 Å². The molecule has 2 N–H and O–H groups in total. The molecule has 4 nitrogen and oxygen atoms in total. The van der Waals surface area contributed by atoms with Crippen molar-refractivity contribution in [3.63, 3.8) is 0 Å². The Kier molecular flexibility index (Phi) is 9.16. The van der Waals surface area contributed by atoms with Crippen molar-refractivity contribution in [1.82, 2.24) is 0 Å². The summed E-state index contributed by atoms with van der Waals surface area (Å²) in [7, 11) is -2.01. The lowest BCUT2D eigenvalue weighted by atomic mass is 10.4. The maximum atomic E-state index is 5.85. The van der Waals surface area contributed by atoms with E-state index in [2.05, 4.69) is 13.5 Å². The second kappa shape index (κ2) is 9.12. The fourth-order valence-corrected chi connectivity index (χ4v) is 3.96. The molecule has 0 aromatic heterocycles. The quantitative estimate of drug-likeness (QED) is 0.476. The van der Waals surface area contributed by atoms with Crippen molar-refractivity contribution in [2.45, 2.75) is 52.4 Å². The highest BCUT2D eigenvalue weighted by atomic mass is 28.4. The highest BCUT2D eigenvalue weighted by molar-refractivity contribution is 6.66. The second-order valence-corrected chi connectivity index (χ2v) is 7.29. The summed E-state index contributed by atoms with van der Waals surface area (Å²) in [6, 6.07) is 0.888. The van der Waals surface area contributed by atoms with Gasteiger partial charge in [0, 0.05) is 19.8 Å². The van der Waals surface area contributed by atoms with E-state index in [0.717, 1.165) is 25.5 Å². The van der Waals surface area contributed by atoms with Crippen LogP contribution in [0.2, 0.25) is 12.6 Å². The van der Waals surface area contributed by atoms with Crippen molar-refractivity contribution < 1.29 is 13.6 Å². The number of hydrogen-bond donors (Lipinski definition) is 1. The fraction of sp³-hybridized carbons (Fsp3) is 1.00. The highest BCUT2D eigenvalue weighted by Crippen LogP contribution is 2.17. The Hall–Kier alpha value is 0.0569. The summed E-state index contributed by atoms with van der Waals surface area (Å²) in [5, 5.41) is 0. The first-order valence-electron chi connectivity index (χ1n) is 6.23. The monoisotopic (exact) mass is 249 g/mol. The molecule has 0 aliphatic rings. The molecule has 0 saturated carbocycles. The summed E-state index contributed by atoms with van der Waals surface area (Å²) in [5.41, 5.74) is 5.85. The van der Waals surface area contributed by atoms with Crippen molar-refractivity contribution >= 4 is 8.56 Å². The molecular weight excluding hydrogens is 222 g/mol. The van der Waals surface area contributed by atoms with Gasteiger partial charge in [-0.05, 0) is 39.3 Å². The summed E-state index contributed by atoms with van der Waals surface area (Å²) in [6.07, 6.45) is 1.62. The third-order valence-electron chi connectivity index (χ3n) is 2.32. The van der Waals surface area contributed by atoms with E-state index in [1.165, 1.54) is 0 Å². The van der Waals surface area contributed by atoms with E-state index >= 15 is 0 Å². The van der Waals surface area contributed by atoms with Crippen LogP contribution in [0.15, 0.2) is 0 Å². The van der Waals surface area contributed by atoms with Crippen LogP contribution in [0.4, 0.5) is 0 Å². The van der Waals surface area contributed by atoms with Gasteiger partial charge >= 0.3 is 8.56 Å². The van der Waals surface area contributed by atoms with Gasteiger partial charge in [-0.2, -0.15) is 0 Å². The molecule has 0 aliphatic carbocycles. The largest absolute Gasteiger partial charge is 0.395 e. The lowest BCUT2D eigenvalue weighted by Gasteiger charge is -2.27. The molecule has 0 aromatic carbocycles. The Balaban J connectivity index is 3.90. The maximum Gasteiger partial charge on any atom is 0.335 e. The summed E-state index contributed by atoms with van der Waals surface area (Å²) < 4.78 is 16.9. The molecule has 98 valence electrons. The normalized spacial score (nSPS) is 14.1. The molecule has 5 heteroatoms. The number of ether oxygens (including phenoxy) is 1. The molecule has 0 rings (SSSR count). The Morgan fingerprint density at radius 3 is 2.12 bits per heavy atom. The minimum absolute atomic E-state index is 0.187. The first-order chi connectivity index (χ1) is 7.58. The molecule has 0 bridgehead atoms. The molecule has 0 heterocycles. The third-order valence-corrected chi connectivity index (χ3v) is 5.31. The zero-order valence-electron chi connectivity index (χ0n) is 11.1. The molecule has 1 atom stereocenters. The molecular formula is C11H27NO3Si. The lowest BCUT2D eigenvalue weighted by Crippen LogP contribution is -2.40. The summed E-state index contributed by atoms with van der Waals surface area (Å²) in [4.78, 5) is 0. The van der Waals surface area contributed by atoms with Crippen LogP contribution >= 0.6 is 0 Å². The lowest BCUT2D eigenvalue weighted by molar-refractivity contribution is 0.0529. The summed E-state index contributed by atoms with van der Waals surface area (Å²) >= 11 is 0. The van der Waals surface area contributed by atoms with Crippen LogP contribution in [-0.4, -0.2) is 34.6 Å². The second-order valence-electron chi connectivity index (χ2n) is 3.95. The Morgan fingerprint density at radius 2 is 1.69 bits per heavy atom. The molecule has 1 unspecified atom stereocenters. The highest BCUT2D eigenvalue weighted by Gasteiger charge is 2.30. The van der Waals surface area contributed by atoms with Crippen molar-refractivity contribution in [3.8, 4) is 0 Å². The third kappa shape index (κ3) is 7.35. The van der Waals surface area contributed by atoms with Crippen LogP contribution in [0.1, 0.15) is 33.6 Å². The van der Waals surface area contributed by atoms with Crippen molar-refractivity contribution in [2.24, 2.45) is 5.73 Å². The summed E-state index contributed by atoms with van der Waals surface area (Å²) in [6.45, 7) is 10.3. The molecule has 0 radical (unpaired) electrons. The van der Waals surface area contributed by atoms with Crippen LogP contribution in [0, 0.1) is 0 Å². The Labute approximate surface area is 101 Å². The standard InChI is InChI=1S/C11H27NO3Si/c1-5-9-13-11(12)8-10-16(4,14-6-2)15-7-3/h11H,5-10,12H2,1-4H3. The minimum atomic E-state index is -2.01. The zero-order chi connectivity index (χ0) is 12.4. The van der Waals surface area contributed by atoms with Crippen LogP contribution in [0.25, 0.3) is 0 Å². The average Bonchev–Trinajstić information content (AvgIpc) is 2.24. The van der Waals surface area contributed by atoms with E-state index in [0.29, 0.717) is 13.2 Å². The number of hydrogen-bond acceptors (Lipinski definition) is 4. The molecule has 0 spiro atoms. The smallest absolute Gasteiger partial charge is 0.335 e. The van der Waals surface area contributed by atoms with Crippen molar-refractivity contribution in [1.29, 1.82) is 0 Å². The van der Waals surface area contributed by atoms with Gasteiger partial charge < -0.3 is 19.3 Å². The van der Waals surface area contributed by atoms with Gasteiger partial charge in [0.1, 0.15) is 6.23 Å². The minimum Gasteiger partial charge on any atom is -0.395 e. The van der Waals surface area contributed by atoms with Gasteiger partial charge in [-0.25, -0.2) is 0 Å².